The van der Waals surface area contributed by atoms with Crippen LogP contribution in [0, 0.1) is 5.82 Å². The van der Waals surface area contributed by atoms with Gasteiger partial charge in [0, 0.05) is 34.1 Å². The first kappa shape index (κ1) is 16.5. The molecule has 0 fully saturated rings. The molecule has 0 unspecified atom stereocenters. The summed E-state index contributed by atoms with van der Waals surface area (Å²) in [6, 6.07) is 5.84. The maximum atomic E-state index is 13.6. The third kappa shape index (κ3) is 4.26. The van der Waals surface area contributed by atoms with Crippen LogP contribution in [0.3, 0.4) is 0 Å². The van der Waals surface area contributed by atoms with Gasteiger partial charge in [-0.15, -0.1) is 0 Å². The van der Waals surface area contributed by atoms with E-state index in [1.807, 2.05) is 0 Å². The minimum Gasteiger partial charge on any atom is -0.309 e. The summed E-state index contributed by atoms with van der Waals surface area (Å²) in [5.74, 6) is -0.891. The van der Waals surface area contributed by atoms with Gasteiger partial charge < -0.3 is 4.90 Å². The molecule has 0 spiro atoms. The molecule has 1 aromatic rings. The average Bonchev–Trinajstić information content (AvgIpc) is 2.35. The normalized spacial score (nSPS) is 11.7. The fourth-order valence-corrected chi connectivity index (χ4v) is 2.14. The summed E-state index contributed by atoms with van der Waals surface area (Å²) in [6.45, 7) is 1.34. The van der Waals surface area contributed by atoms with Gasteiger partial charge in [-0.1, -0.05) is 12.1 Å². The standard InChI is InChI=1S/C12H18FN3O3S/c1-10(17)16(12-7-5-4-6-11(12)13)9-8-14-20(18,19)15(2)3/h4-7,14H,8-9H2,1-3H3. The van der Waals surface area contributed by atoms with E-state index in [-0.39, 0.29) is 24.7 Å². The fraction of sp³-hybridized carbons (Fsp3) is 0.417. The van der Waals surface area contributed by atoms with Crippen LogP contribution in [0.15, 0.2) is 24.3 Å². The van der Waals surface area contributed by atoms with Crippen molar-refractivity contribution in [2.45, 2.75) is 6.92 Å². The molecule has 0 saturated heterocycles. The molecule has 0 bridgehead atoms. The second-order valence-electron chi connectivity index (χ2n) is 4.30. The number of amides is 1. The molecule has 20 heavy (non-hydrogen) atoms. The lowest BCUT2D eigenvalue weighted by atomic mass is 10.2. The van der Waals surface area contributed by atoms with Gasteiger partial charge in [0.05, 0.1) is 5.69 Å². The molecule has 0 aromatic heterocycles. The molecule has 6 nitrogen and oxygen atoms in total. The summed E-state index contributed by atoms with van der Waals surface area (Å²) in [5.41, 5.74) is 0.129. The zero-order valence-corrected chi connectivity index (χ0v) is 12.4. The van der Waals surface area contributed by atoms with Crippen LogP contribution in [-0.2, 0) is 15.0 Å². The van der Waals surface area contributed by atoms with Crippen molar-refractivity contribution in [3.63, 3.8) is 0 Å². The van der Waals surface area contributed by atoms with E-state index in [1.54, 1.807) is 6.07 Å². The summed E-state index contributed by atoms with van der Waals surface area (Å²) in [4.78, 5) is 12.7. The number of para-hydroxylation sites is 1. The second-order valence-corrected chi connectivity index (χ2v) is 6.27. The van der Waals surface area contributed by atoms with Crippen LogP contribution in [-0.4, -0.2) is 45.8 Å². The lowest BCUT2D eigenvalue weighted by Gasteiger charge is -2.22. The van der Waals surface area contributed by atoms with Crippen molar-refractivity contribution in [3.05, 3.63) is 30.1 Å². The maximum Gasteiger partial charge on any atom is 0.278 e. The number of carbonyl (C=O) groups is 1. The summed E-state index contributed by atoms with van der Waals surface area (Å²) < 4.78 is 40.0. The van der Waals surface area contributed by atoms with E-state index in [1.165, 1.54) is 44.1 Å². The van der Waals surface area contributed by atoms with E-state index in [0.717, 1.165) is 4.31 Å². The first-order valence-electron chi connectivity index (χ1n) is 5.95. The molecule has 1 aromatic carbocycles. The molecular weight excluding hydrogens is 285 g/mol. The molecular formula is C12H18FN3O3S. The minimum atomic E-state index is -3.56. The number of anilines is 1. The Morgan fingerprint density at radius 2 is 1.90 bits per heavy atom. The molecule has 0 aliphatic carbocycles. The summed E-state index contributed by atoms with van der Waals surface area (Å²) >= 11 is 0. The molecule has 1 N–H and O–H groups in total. The number of nitrogens with one attached hydrogen (secondary N) is 1. The molecule has 1 amide bonds. The van der Waals surface area contributed by atoms with Crippen molar-refractivity contribution in [1.29, 1.82) is 0 Å². The molecule has 112 valence electrons. The van der Waals surface area contributed by atoms with Crippen LogP contribution in [0.4, 0.5) is 10.1 Å². The molecule has 8 heteroatoms. The number of hydrogen-bond acceptors (Lipinski definition) is 3. The Labute approximate surface area is 118 Å². The van der Waals surface area contributed by atoms with E-state index >= 15 is 0 Å². The highest BCUT2D eigenvalue weighted by Gasteiger charge is 2.17. The number of nitrogens with zero attached hydrogens (tertiary/aromatic N) is 2. The number of hydrogen-bond donors (Lipinski definition) is 1. The summed E-state index contributed by atoms with van der Waals surface area (Å²) in [5, 5.41) is 0. The highest BCUT2D eigenvalue weighted by molar-refractivity contribution is 7.87. The number of halogens is 1. The van der Waals surface area contributed by atoms with Gasteiger partial charge in [-0.3, -0.25) is 4.79 Å². The van der Waals surface area contributed by atoms with Gasteiger partial charge >= 0.3 is 0 Å². The van der Waals surface area contributed by atoms with Crippen molar-refractivity contribution in [1.82, 2.24) is 9.03 Å². The minimum absolute atomic E-state index is 0.00553. The van der Waals surface area contributed by atoms with Gasteiger partial charge in [0.2, 0.25) is 5.91 Å². The van der Waals surface area contributed by atoms with Crippen molar-refractivity contribution >= 4 is 21.8 Å². The lowest BCUT2D eigenvalue weighted by molar-refractivity contribution is -0.116. The Kier molecular flexibility index (Phi) is 5.61. The van der Waals surface area contributed by atoms with Crippen molar-refractivity contribution < 1.29 is 17.6 Å². The smallest absolute Gasteiger partial charge is 0.278 e. The second kappa shape index (κ2) is 6.78. The van der Waals surface area contributed by atoms with E-state index in [9.17, 15) is 17.6 Å². The van der Waals surface area contributed by atoms with Crippen molar-refractivity contribution in [2.24, 2.45) is 0 Å². The monoisotopic (exact) mass is 303 g/mol. The van der Waals surface area contributed by atoms with E-state index in [4.69, 9.17) is 0 Å². The summed E-state index contributed by atoms with van der Waals surface area (Å²) in [7, 11) is -0.779. The first-order chi connectivity index (χ1) is 9.25. The molecule has 0 aliphatic heterocycles. The average molecular weight is 303 g/mol. The third-order valence-corrected chi connectivity index (χ3v) is 4.15. The molecule has 0 saturated carbocycles. The van der Waals surface area contributed by atoms with Gasteiger partial charge in [0.1, 0.15) is 5.82 Å². The Balaban J connectivity index is 2.76. The first-order valence-corrected chi connectivity index (χ1v) is 7.39. The van der Waals surface area contributed by atoms with Crippen molar-refractivity contribution in [3.8, 4) is 0 Å². The van der Waals surface area contributed by atoms with Crippen LogP contribution in [0.2, 0.25) is 0 Å². The SMILES string of the molecule is CC(=O)N(CCNS(=O)(=O)N(C)C)c1ccccc1F. The fourth-order valence-electron chi connectivity index (χ4n) is 1.53. The molecule has 0 aliphatic rings. The van der Waals surface area contributed by atoms with Crippen LogP contribution in [0.25, 0.3) is 0 Å². The highest BCUT2D eigenvalue weighted by Crippen LogP contribution is 2.18. The summed E-state index contributed by atoms with van der Waals surface area (Å²) in [6.07, 6.45) is 0. The number of rotatable bonds is 6. The van der Waals surface area contributed by atoms with Crippen molar-refractivity contribution in [2.75, 3.05) is 32.1 Å². The van der Waals surface area contributed by atoms with Crippen LogP contribution in [0.1, 0.15) is 6.92 Å². The van der Waals surface area contributed by atoms with Crippen LogP contribution >= 0.6 is 0 Å². The Bertz CT molecular complexity index is 575. The van der Waals surface area contributed by atoms with Gasteiger partial charge in [-0.2, -0.15) is 12.7 Å². The third-order valence-electron chi connectivity index (χ3n) is 2.62. The number of benzene rings is 1. The van der Waals surface area contributed by atoms with E-state index in [2.05, 4.69) is 4.72 Å². The molecule has 1 rings (SSSR count). The largest absolute Gasteiger partial charge is 0.309 e. The lowest BCUT2D eigenvalue weighted by Crippen LogP contribution is -2.41. The maximum absolute atomic E-state index is 13.6. The van der Waals surface area contributed by atoms with Crippen LogP contribution in [0.5, 0.6) is 0 Å². The molecule has 0 atom stereocenters. The van der Waals surface area contributed by atoms with E-state index in [0.29, 0.717) is 0 Å². The molecule has 0 heterocycles. The van der Waals surface area contributed by atoms with Gasteiger partial charge in [0.15, 0.2) is 0 Å². The Morgan fingerprint density at radius 3 is 2.40 bits per heavy atom. The quantitative estimate of drug-likeness (QED) is 0.835. The van der Waals surface area contributed by atoms with Gasteiger partial charge in [-0.05, 0) is 12.1 Å². The number of carbonyl (C=O) groups excluding carboxylic acids is 1. The van der Waals surface area contributed by atoms with Crippen LogP contribution < -0.4 is 9.62 Å². The van der Waals surface area contributed by atoms with Gasteiger partial charge in [-0.25, -0.2) is 9.11 Å². The van der Waals surface area contributed by atoms with E-state index < -0.39 is 16.0 Å². The Hall–Kier alpha value is -1.51. The molecule has 0 radical (unpaired) electrons. The predicted octanol–water partition coefficient (Wildman–Crippen LogP) is 0.575. The predicted molar refractivity (Wildman–Crippen MR) is 75.0 cm³/mol. The van der Waals surface area contributed by atoms with Gasteiger partial charge in [0.25, 0.3) is 10.2 Å². The highest BCUT2D eigenvalue weighted by atomic mass is 32.2. The Morgan fingerprint density at radius 1 is 1.30 bits per heavy atom. The zero-order chi connectivity index (χ0) is 15.3. The topological polar surface area (TPSA) is 69.7 Å². The zero-order valence-electron chi connectivity index (χ0n) is 11.6.